The van der Waals surface area contributed by atoms with Crippen LogP contribution < -0.4 is 5.32 Å². The maximum Gasteiger partial charge on any atom is 0.140 e. The van der Waals surface area contributed by atoms with Gasteiger partial charge in [-0.2, -0.15) is 0 Å². The number of nitrogens with one attached hydrogen (secondary N) is 1. The fraction of sp³-hybridized carbons (Fsp3) is 0.0870. The zero-order chi connectivity index (χ0) is 19.7. The molecular formula is C23H19F2N3. The van der Waals surface area contributed by atoms with Gasteiger partial charge in [0, 0.05) is 48.7 Å². The minimum absolute atomic E-state index is 0.362. The molecular weight excluding hydrogens is 356 g/mol. The quantitative estimate of drug-likeness (QED) is 0.518. The van der Waals surface area contributed by atoms with Crippen molar-refractivity contribution in [2.75, 3.05) is 7.05 Å². The zero-order valence-electron chi connectivity index (χ0n) is 15.4. The molecule has 0 saturated carbocycles. The van der Waals surface area contributed by atoms with E-state index in [1.54, 1.807) is 12.3 Å². The van der Waals surface area contributed by atoms with Crippen molar-refractivity contribution in [1.29, 1.82) is 0 Å². The summed E-state index contributed by atoms with van der Waals surface area (Å²) in [6.45, 7) is 4.60. The Hall–Kier alpha value is -3.47. The van der Waals surface area contributed by atoms with Crippen LogP contribution in [0.4, 0.5) is 8.78 Å². The fourth-order valence-electron chi connectivity index (χ4n) is 3.31. The monoisotopic (exact) mass is 375 g/mol. The average molecular weight is 375 g/mol. The minimum atomic E-state index is -0.589. The van der Waals surface area contributed by atoms with E-state index < -0.39 is 11.6 Å². The molecule has 0 saturated heterocycles. The maximum atomic E-state index is 14.3. The van der Waals surface area contributed by atoms with Crippen molar-refractivity contribution in [3.63, 3.8) is 0 Å². The van der Waals surface area contributed by atoms with Crippen LogP contribution in [0.2, 0.25) is 0 Å². The predicted molar refractivity (Wildman–Crippen MR) is 109 cm³/mol. The molecule has 0 amide bonds. The number of rotatable bonds is 5. The highest BCUT2D eigenvalue weighted by Gasteiger charge is 2.13. The summed E-state index contributed by atoms with van der Waals surface area (Å²) >= 11 is 0. The van der Waals surface area contributed by atoms with Gasteiger partial charge in [0.2, 0.25) is 0 Å². The number of nitrogens with zero attached hydrogens (tertiary/aromatic N) is 2. The lowest BCUT2D eigenvalue weighted by Crippen LogP contribution is -2.03. The third-order valence-corrected chi connectivity index (χ3v) is 4.84. The summed E-state index contributed by atoms with van der Waals surface area (Å²) in [6.07, 6.45) is 3.58. The summed E-state index contributed by atoms with van der Waals surface area (Å²) in [5, 5.41) is 3.86. The molecule has 0 aliphatic heterocycles. The molecule has 2 aromatic heterocycles. The molecule has 4 aromatic rings. The number of hydrogen-bond donors (Lipinski definition) is 1. The van der Waals surface area contributed by atoms with Crippen LogP contribution in [-0.2, 0) is 6.54 Å². The normalized spacial score (nSPS) is 11.0. The second-order valence-corrected chi connectivity index (χ2v) is 6.59. The Morgan fingerprint density at radius 2 is 1.82 bits per heavy atom. The number of aromatic nitrogens is 2. The Bertz CT molecular complexity index is 1160. The molecule has 2 aromatic carbocycles. The molecule has 0 aliphatic rings. The van der Waals surface area contributed by atoms with E-state index in [4.69, 9.17) is 0 Å². The largest absolute Gasteiger partial charge is 0.388 e. The van der Waals surface area contributed by atoms with E-state index >= 15 is 0 Å². The molecule has 28 heavy (non-hydrogen) atoms. The summed E-state index contributed by atoms with van der Waals surface area (Å²) in [4.78, 5) is 4.47. The highest BCUT2D eigenvalue weighted by atomic mass is 19.1. The third-order valence-electron chi connectivity index (χ3n) is 4.84. The Morgan fingerprint density at radius 1 is 1.04 bits per heavy atom. The molecule has 0 atom stereocenters. The van der Waals surface area contributed by atoms with Crippen LogP contribution in [0.1, 0.15) is 11.1 Å². The van der Waals surface area contributed by atoms with Gasteiger partial charge in [0.1, 0.15) is 17.3 Å². The van der Waals surface area contributed by atoms with E-state index in [-0.39, 0.29) is 0 Å². The molecule has 0 fully saturated rings. The van der Waals surface area contributed by atoms with Crippen LogP contribution >= 0.6 is 0 Å². The molecule has 1 N–H and O–H groups in total. The Kier molecular flexibility index (Phi) is 4.65. The van der Waals surface area contributed by atoms with E-state index in [0.717, 1.165) is 33.9 Å². The van der Waals surface area contributed by atoms with Gasteiger partial charge in [-0.3, -0.25) is 0 Å². The van der Waals surface area contributed by atoms with Crippen molar-refractivity contribution in [3.8, 4) is 11.1 Å². The summed E-state index contributed by atoms with van der Waals surface area (Å²) in [5.41, 5.74) is 4.83. The van der Waals surface area contributed by atoms with Crippen LogP contribution in [0.15, 0.2) is 73.6 Å². The van der Waals surface area contributed by atoms with Crippen molar-refractivity contribution >= 4 is 16.7 Å². The Morgan fingerprint density at radius 3 is 2.54 bits per heavy atom. The summed E-state index contributed by atoms with van der Waals surface area (Å²) in [6, 6.07) is 15.4. The van der Waals surface area contributed by atoms with Crippen molar-refractivity contribution in [2.45, 2.75) is 6.54 Å². The van der Waals surface area contributed by atoms with Gasteiger partial charge in [-0.25, -0.2) is 13.8 Å². The van der Waals surface area contributed by atoms with Gasteiger partial charge in [0.25, 0.3) is 0 Å². The van der Waals surface area contributed by atoms with Gasteiger partial charge in [0.05, 0.1) is 0 Å². The minimum Gasteiger partial charge on any atom is -0.388 e. The van der Waals surface area contributed by atoms with Gasteiger partial charge in [-0.05, 0) is 41.0 Å². The standard InChI is InChI=1S/C23H19F2N3/c1-15(26-2)17-5-3-16(4-6-17)14-28-12-10-21-19(9-11-27-23(21)28)20-8-7-18(24)13-22(20)25/h3-13,26H,1,14H2,2H3. The molecule has 3 nitrogen and oxygen atoms in total. The lowest BCUT2D eigenvalue weighted by molar-refractivity contribution is 0.585. The van der Waals surface area contributed by atoms with E-state index in [9.17, 15) is 8.78 Å². The number of halogens is 2. The highest BCUT2D eigenvalue weighted by molar-refractivity contribution is 5.93. The first-order valence-electron chi connectivity index (χ1n) is 8.92. The first kappa shape index (κ1) is 17.9. The van der Waals surface area contributed by atoms with Crippen LogP contribution in [0.25, 0.3) is 27.9 Å². The predicted octanol–water partition coefficient (Wildman–Crippen LogP) is 5.22. The van der Waals surface area contributed by atoms with E-state index in [1.807, 2.05) is 48.1 Å². The van der Waals surface area contributed by atoms with Crippen LogP contribution in [0.5, 0.6) is 0 Å². The highest BCUT2D eigenvalue weighted by Crippen LogP contribution is 2.30. The van der Waals surface area contributed by atoms with Crippen LogP contribution in [0, 0.1) is 11.6 Å². The van der Waals surface area contributed by atoms with Crippen molar-refractivity contribution in [2.24, 2.45) is 0 Å². The SMILES string of the molecule is C=C(NC)c1ccc(Cn2ccc3c(-c4ccc(F)cc4F)ccnc32)cc1. The number of fused-ring (bicyclic) bond motifs is 1. The number of pyridine rings is 1. The Labute approximate surface area is 162 Å². The van der Waals surface area contributed by atoms with E-state index in [0.29, 0.717) is 17.7 Å². The van der Waals surface area contributed by atoms with Crippen molar-refractivity contribution in [1.82, 2.24) is 14.9 Å². The number of benzene rings is 2. The molecule has 0 spiro atoms. The van der Waals surface area contributed by atoms with Gasteiger partial charge in [-0.1, -0.05) is 30.8 Å². The van der Waals surface area contributed by atoms with E-state index in [1.165, 1.54) is 12.1 Å². The molecule has 4 rings (SSSR count). The van der Waals surface area contributed by atoms with Gasteiger partial charge >= 0.3 is 0 Å². The summed E-state index contributed by atoms with van der Waals surface area (Å²) < 4.78 is 29.5. The van der Waals surface area contributed by atoms with Crippen LogP contribution in [0.3, 0.4) is 0 Å². The van der Waals surface area contributed by atoms with Gasteiger partial charge in [-0.15, -0.1) is 0 Å². The fourth-order valence-corrected chi connectivity index (χ4v) is 3.31. The molecule has 0 radical (unpaired) electrons. The molecule has 0 unspecified atom stereocenters. The molecule has 140 valence electrons. The van der Waals surface area contributed by atoms with Crippen molar-refractivity contribution < 1.29 is 8.78 Å². The van der Waals surface area contributed by atoms with Crippen molar-refractivity contribution in [3.05, 3.63) is 96.3 Å². The lowest BCUT2D eigenvalue weighted by Gasteiger charge is -2.09. The first-order valence-corrected chi connectivity index (χ1v) is 8.92. The van der Waals surface area contributed by atoms with Gasteiger partial charge in [0.15, 0.2) is 0 Å². The number of hydrogen-bond acceptors (Lipinski definition) is 2. The Balaban J connectivity index is 1.69. The van der Waals surface area contributed by atoms with Gasteiger partial charge < -0.3 is 9.88 Å². The molecule has 0 aliphatic carbocycles. The molecule has 2 heterocycles. The third kappa shape index (κ3) is 3.27. The lowest BCUT2D eigenvalue weighted by atomic mass is 10.0. The van der Waals surface area contributed by atoms with E-state index in [2.05, 4.69) is 16.9 Å². The maximum absolute atomic E-state index is 14.3. The second-order valence-electron chi connectivity index (χ2n) is 6.59. The molecule has 5 heteroatoms. The first-order chi connectivity index (χ1) is 13.6. The average Bonchev–Trinajstić information content (AvgIpc) is 3.11. The summed E-state index contributed by atoms with van der Waals surface area (Å²) in [5.74, 6) is -1.17. The smallest absolute Gasteiger partial charge is 0.140 e. The zero-order valence-corrected chi connectivity index (χ0v) is 15.4. The summed E-state index contributed by atoms with van der Waals surface area (Å²) in [7, 11) is 1.84. The second kappa shape index (κ2) is 7.27. The van der Waals surface area contributed by atoms with Crippen LogP contribution in [-0.4, -0.2) is 16.6 Å². The molecule has 0 bridgehead atoms. The topological polar surface area (TPSA) is 29.9 Å².